The molecule has 0 aliphatic carbocycles. The van der Waals surface area contributed by atoms with Gasteiger partial charge in [0.2, 0.25) is 0 Å². The lowest BCUT2D eigenvalue weighted by atomic mass is 10.1. The predicted molar refractivity (Wildman–Crippen MR) is 83.5 cm³/mol. The second-order valence-corrected chi connectivity index (χ2v) is 5.60. The summed E-state index contributed by atoms with van der Waals surface area (Å²) in [5, 5.41) is 6.94. The van der Waals surface area contributed by atoms with E-state index >= 15 is 0 Å². The predicted octanol–water partition coefficient (Wildman–Crippen LogP) is 2.87. The van der Waals surface area contributed by atoms with Gasteiger partial charge in [-0.05, 0) is 38.0 Å². The SMILES string of the molecule is C[C@H](NC(=O)Nc1cccc2c1ccn2C)[C@@H]1CCCO1. The first-order valence-electron chi connectivity index (χ1n) is 7.38. The lowest BCUT2D eigenvalue weighted by Gasteiger charge is -2.20. The lowest BCUT2D eigenvalue weighted by molar-refractivity contribution is 0.0868. The number of aryl methyl sites for hydroxylation is 1. The molecule has 2 amide bonds. The number of hydrogen-bond donors (Lipinski definition) is 2. The summed E-state index contributed by atoms with van der Waals surface area (Å²) in [7, 11) is 1.99. The summed E-state index contributed by atoms with van der Waals surface area (Å²) in [5.41, 5.74) is 1.92. The molecule has 2 heterocycles. The molecule has 2 N–H and O–H groups in total. The number of ether oxygens (including phenoxy) is 1. The number of hydrogen-bond acceptors (Lipinski definition) is 2. The fourth-order valence-corrected chi connectivity index (χ4v) is 2.87. The van der Waals surface area contributed by atoms with Gasteiger partial charge >= 0.3 is 6.03 Å². The number of benzene rings is 1. The maximum absolute atomic E-state index is 12.1. The van der Waals surface area contributed by atoms with Gasteiger partial charge in [0.1, 0.15) is 0 Å². The third-order valence-corrected chi connectivity index (χ3v) is 4.06. The molecule has 1 aromatic carbocycles. The average Bonchev–Trinajstić information content (AvgIpc) is 3.10. The lowest BCUT2D eigenvalue weighted by Crippen LogP contribution is -2.43. The van der Waals surface area contributed by atoms with Crippen LogP contribution in [0.3, 0.4) is 0 Å². The van der Waals surface area contributed by atoms with Gasteiger partial charge < -0.3 is 19.9 Å². The normalized spacial score (nSPS) is 19.6. The average molecular weight is 287 g/mol. The van der Waals surface area contributed by atoms with E-state index in [1.54, 1.807) is 0 Å². The Labute approximate surface area is 124 Å². The van der Waals surface area contributed by atoms with Crippen molar-refractivity contribution in [3.05, 3.63) is 30.5 Å². The van der Waals surface area contributed by atoms with Gasteiger partial charge in [0.05, 0.1) is 17.8 Å². The largest absolute Gasteiger partial charge is 0.376 e. The van der Waals surface area contributed by atoms with Crippen LogP contribution in [0.5, 0.6) is 0 Å². The molecule has 1 aliphatic heterocycles. The second-order valence-electron chi connectivity index (χ2n) is 5.60. The van der Waals surface area contributed by atoms with Crippen molar-refractivity contribution in [1.29, 1.82) is 0 Å². The van der Waals surface area contributed by atoms with Gasteiger partial charge in [0, 0.05) is 30.8 Å². The molecule has 2 aromatic rings. The van der Waals surface area contributed by atoms with Crippen LogP contribution < -0.4 is 10.6 Å². The van der Waals surface area contributed by atoms with E-state index in [0.717, 1.165) is 36.0 Å². The van der Waals surface area contributed by atoms with Gasteiger partial charge in [-0.2, -0.15) is 0 Å². The number of carbonyl (C=O) groups is 1. The molecule has 1 aliphatic rings. The van der Waals surface area contributed by atoms with Crippen molar-refractivity contribution in [2.24, 2.45) is 7.05 Å². The Morgan fingerprint density at radius 1 is 1.43 bits per heavy atom. The molecular weight excluding hydrogens is 266 g/mol. The van der Waals surface area contributed by atoms with Crippen LogP contribution in [0.4, 0.5) is 10.5 Å². The highest BCUT2D eigenvalue weighted by atomic mass is 16.5. The van der Waals surface area contributed by atoms with Crippen LogP contribution >= 0.6 is 0 Å². The van der Waals surface area contributed by atoms with Crippen LogP contribution in [0.2, 0.25) is 0 Å². The molecular formula is C16H21N3O2. The van der Waals surface area contributed by atoms with Gasteiger partial charge in [-0.15, -0.1) is 0 Å². The van der Waals surface area contributed by atoms with E-state index in [4.69, 9.17) is 4.74 Å². The number of urea groups is 1. The van der Waals surface area contributed by atoms with Crippen molar-refractivity contribution in [2.45, 2.75) is 31.9 Å². The number of aromatic nitrogens is 1. The number of carbonyl (C=O) groups excluding carboxylic acids is 1. The number of amides is 2. The molecule has 1 fully saturated rings. The highest BCUT2D eigenvalue weighted by Gasteiger charge is 2.23. The quantitative estimate of drug-likeness (QED) is 0.912. The number of rotatable bonds is 3. The molecule has 0 spiro atoms. The van der Waals surface area contributed by atoms with Gasteiger partial charge in [0.15, 0.2) is 0 Å². The van der Waals surface area contributed by atoms with Crippen LogP contribution in [0.15, 0.2) is 30.5 Å². The zero-order chi connectivity index (χ0) is 14.8. The van der Waals surface area contributed by atoms with Gasteiger partial charge in [-0.1, -0.05) is 6.07 Å². The highest BCUT2D eigenvalue weighted by Crippen LogP contribution is 2.24. The van der Waals surface area contributed by atoms with Crippen LogP contribution in [-0.2, 0) is 11.8 Å². The molecule has 5 heteroatoms. The van der Waals surface area contributed by atoms with E-state index in [1.807, 2.05) is 49.0 Å². The van der Waals surface area contributed by atoms with Crippen molar-refractivity contribution in [3.63, 3.8) is 0 Å². The van der Waals surface area contributed by atoms with Crippen molar-refractivity contribution in [3.8, 4) is 0 Å². The number of fused-ring (bicyclic) bond motifs is 1. The first-order valence-corrected chi connectivity index (χ1v) is 7.38. The Morgan fingerprint density at radius 2 is 2.29 bits per heavy atom. The molecule has 2 atom stereocenters. The van der Waals surface area contributed by atoms with Gasteiger partial charge in [-0.3, -0.25) is 0 Å². The maximum Gasteiger partial charge on any atom is 0.319 e. The standard InChI is InChI=1S/C16H21N3O2/c1-11(15-7-4-10-21-15)17-16(20)18-13-5-3-6-14-12(13)8-9-19(14)2/h3,5-6,8-9,11,15H,4,7,10H2,1-2H3,(H2,17,18,20)/t11-,15-/m0/s1. The smallest absolute Gasteiger partial charge is 0.319 e. The zero-order valence-corrected chi connectivity index (χ0v) is 12.4. The molecule has 0 radical (unpaired) electrons. The fourth-order valence-electron chi connectivity index (χ4n) is 2.87. The fraction of sp³-hybridized carbons (Fsp3) is 0.438. The van der Waals surface area contributed by atoms with Crippen molar-refractivity contribution >= 4 is 22.6 Å². The van der Waals surface area contributed by atoms with Crippen LogP contribution in [0.25, 0.3) is 10.9 Å². The van der Waals surface area contributed by atoms with E-state index in [1.165, 1.54) is 0 Å². The summed E-state index contributed by atoms with van der Waals surface area (Å²) in [4.78, 5) is 12.1. The summed E-state index contributed by atoms with van der Waals surface area (Å²) >= 11 is 0. The van der Waals surface area contributed by atoms with Crippen LogP contribution in [0.1, 0.15) is 19.8 Å². The minimum Gasteiger partial charge on any atom is -0.376 e. The third-order valence-electron chi connectivity index (χ3n) is 4.06. The Balaban J connectivity index is 1.68. The van der Waals surface area contributed by atoms with Crippen molar-refractivity contribution in [2.75, 3.05) is 11.9 Å². The summed E-state index contributed by atoms with van der Waals surface area (Å²) in [6.07, 6.45) is 4.20. The third kappa shape index (κ3) is 2.88. The zero-order valence-electron chi connectivity index (χ0n) is 12.4. The number of nitrogens with one attached hydrogen (secondary N) is 2. The van der Waals surface area contributed by atoms with E-state index < -0.39 is 0 Å². The van der Waals surface area contributed by atoms with E-state index in [9.17, 15) is 4.79 Å². The van der Waals surface area contributed by atoms with Crippen LogP contribution in [-0.4, -0.2) is 29.4 Å². The topological polar surface area (TPSA) is 55.3 Å². The minimum absolute atomic E-state index is 0.0162. The van der Waals surface area contributed by atoms with E-state index in [2.05, 4.69) is 10.6 Å². The van der Waals surface area contributed by atoms with Crippen molar-refractivity contribution < 1.29 is 9.53 Å². The molecule has 0 saturated carbocycles. The molecule has 1 saturated heterocycles. The Morgan fingerprint density at radius 3 is 3.05 bits per heavy atom. The van der Waals surface area contributed by atoms with Gasteiger partial charge in [0.25, 0.3) is 0 Å². The molecule has 0 unspecified atom stereocenters. The summed E-state index contributed by atoms with van der Waals surface area (Å²) in [6.45, 7) is 2.78. The Bertz CT molecular complexity index is 644. The van der Waals surface area contributed by atoms with Crippen molar-refractivity contribution in [1.82, 2.24) is 9.88 Å². The summed E-state index contributed by atoms with van der Waals surface area (Å²) in [5.74, 6) is 0. The maximum atomic E-state index is 12.1. The van der Waals surface area contributed by atoms with Gasteiger partial charge in [-0.25, -0.2) is 4.79 Å². The molecule has 5 nitrogen and oxygen atoms in total. The monoisotopic (exact) mass is 287 g/mol. The Kier molecular flexibility index (Phi) is 3.84. The second kappa shape index (κ2) is 5.77. The molecule has 1 aromatic heterocycles. The molecule has 0 bridgehead atoms. The number of anilines is 1. The minimum atomic E-state index is -0.186. The van der Waals surface area contributed by atoms with E-state index in [-0.39, 0.29) is 18.2 Å². The summed E-state index contributed by atoms with van der Waals surface area (Å²) < 4.78 is 7.63. The molecule has 21 heavy (non-hydrogen) atoms. The highest BCUT2D eigenvalue weighted by molar-refractivity contribution is 6.00. The molecule has 112 valence electrons. The number of nitrogens with zero attached hydrogens (tertiary/aromatic N) is 1. The summed E-state index contributed by atoms with van der Waals surface area (Å²) in [6, 6.07) is 7.74. The van der Waals surface area contributed by atoms with Crippen LogP contribution in [0, 0.1) is 0 Å². The first-order chi connectivity index (χ1) is 10.1. The Hall–Kier alpha value is -2.01. The van der Waals surface area contributed by atoms with E-state index in [0.29, 0.717) is 0 Å². The molecule has 3 rings (SSSR count). The first kappa shape index (κ1) is 13.9.